The lowest BCUT2D eigenvalue weighted by atomic mass is 10.0. The smallest absolute Gasteiger partial charge is 0.240 e. The Hall–Kier alpha value is -0.760. The van der Waals surface area contributed by atoms with E-state index >= 15 is 0 Å². The summed E-state index contributed by atoms with van der Waals surface area (Å²) in [6.45, 7) is 0. The van der Waals surface area contributed by atoms with Crippen LogP contribution in [-0.2, 0) is 4.79 Å². The molecule has 0 aromatic heterocycles. The maximum absolute atomic E-state index is 14.2. The average molecular weight is 407 g/mol. The molecule has 0 saturated carbocycles. The fourth-order valence-corrected chi connectivity index (χ4v) is 2.96. The summed E-state index contributed by atoms with van der Waals surface area (Å²) < 4.78 is 19.7. The van der Waals surface area contributed by atoms with Gasteiger partial charge >= 0.3 is 0 Å². The van der Waals surface area contributed by atoms with Crippen molar-refractivity contribution in [2.75, 3.05) is 19.2 Å². The van der Waals surface area contributed by atoms with Gasteiger partial charge in [-0.15, -0.1) is 11.8 Å². The first kappa shape index (κ1) is 15.6. The van der Waals surface area contributed by atoms with E-state index < -0.39 is 0 Å². The quantitative estimate of drug-likeness (QED) is 0.435. The van der Waals surface area contributed by atoms with Crippen LogP contribution in [0.25, 0.3) is 5.70 Å². The third-order valence-electron chi connectivity index (χ3n) is 3.04. The van der Waals surface area contributed by atoms with Crippen LogP contribution in [0.2, 0.25) is 0 Å². The monoisotopic (exact) mass is 407 g/mol. The van der Waals surface area contributed by atoms with Crippen molar-refractivity contribution in [2.24, 2.45) is 0 Å². The van der Waals surface area contributed by atoms with Crippen molar-refractivity contribution < 1.29 is 13.9 Å². The zero-order valence-electron chi connectivity index (χ0n) is 11.2. The molecule has 20 heavy (non-hydrogen) atoms. The van der Waals surface area contributed by atoms with Gasteiger partial charge in [0.1, 0.15) is 17.5 Å². The minimum absolute atomic E-state index is 0.0119. The SMILES string of the molecule is CSCOc1cccc(F)c1C1=CCC(I)C(=O)N1C. The lowest BCUT2D eigenvalue weighted by molar-refractivity contribution is -0.126. The second kappa shape index (κ2) is 6.80. The Morgan fingerprint density at radius 1 is 1.55 bits per heavy atom. The normalized spacial score (nSPS) is 19.0. The van der Waals surface area contributed by atoms with Crippen LogP contribution in [0.5, 0.6) is 5.75 Å². The van der Waals surface area contributed by atoms with Crippen LogP contribution >= 0.6 is 34.4 Å². The number of benzene rings is 1. The highest BCUT2D eigenvalue weighted by molar-refractivity contribution is 14.1. The van der Waals surface area contributed by atoms with Gasteiger partial charge in [0.2, 0.25) is 5.91 Å². The Morgan fingerprint density at radius 2 is 2.30 bits per heavy atom. The van der Waals surface area contributed by atoms with Gasteiger partial charge in [-0.25, -0.2) is 4.39 Å². The topological polar surface area (TPSA) is 29.5 Å². The maximum Gasteiger partial charge on any atom is 0.240 e. The molecule has 0 fully saturated rings. The molecule has 1 aliphatic heterocycles. The van der Waals surface area contributed by atoms with Crippen LogP contribution in [0, 0.1) is 5.82 Å². The Balaban J connectivity index is 2.43. The summed E-state index contributed by atoms with van der Waals surface area (Å²) in [4.78, 5) is 13.6. The highest BCUT2D eigenvalue weighted by Gasteiger charge is 2.29. The van der Waals surface area contributed by atoms with Crippen LogP contribution in [0.15, 0.2) is 24.3 Å². The number of amides is 1. The molecule has 1 heterocycles. The minimum atomic E-state index is -0.374. The second-order valence-electron chi connectivity index (χ2n) is 4.35. The number of halogens is 2. The zero-order valence-corrected chi connectivity index (χ0v) is 14.2. The van der Waals surface area contributed by atoms with E-state index in [1.165, 1.54) is 22.7 Å². The molecule has 1 atom stereocenters. The van der Waals surface area contributed by atoms with Crippen molar-refractivity contribution in [3.63, 3.8) is 0 Å². The van der Waals surface area contributed by atoms with E-state index in [2.05, 4.69) is 22.6 Å². The first-order valence-corrected chi connectivity index (χ1v) is 8.72. The molecule has 1 aromatic rings. The van der Waals surface area contributed by atoms with E-state index in [9.17, 15) is 9.18 Å². The predicted octanol–water partition coefficient (Wildman–Crippen LogP) is 3.53. The number of hydrogen-bond donors (Lipinski definition) is 0. The number of thioether (sulfide) groups is 1. The van der Waals surface area contributed by atoms with E-state index in [0.717, 1.165) is 0 Å². The Kier molecular flexibility index (Phi) is 5.31. The van der Waals surface area contributed by atoms with Gasteiger partial charge in [0, 0.05) is 7.05 Å². The van der Waals surface area contributed by atoms with Gasteiger partial charge in [0.25, 0.3) is 0 Å². The Morgan fingerprint density at radius 3 is 3.00 bits per heavy atom. The molecule has 1 amide bonds. The Bertz CT molecular complexity index is 550. The molecule has 0 aliphatic carbocycles. The van der Waals surface area contributed by atoms with E-state index in [1.54, 1.807) is 19.2 Å². The van der Waals surface area contributed by atoms with Crippen LogP contribution in [-0.4, -0.2) is 34.0 Å². The van der Waals surface area contributed by atoms with Gasteiger partial charge in [-0.05, 0) is 24.8 Å². The standard InChI is InChI=1S/C14H15FINO2S/c1-17-11(7-6-10(16)14(17)18)13-9(15)4-3-5-12(13)19-8-20-2/h3-5,7,10H,6,8H2,1-2H3. The molecule has 0 saturated heterocycles. The average Bonchev–Trinajstić information content (AvgIpc) is 2.44. The third-order valence-corrected chi connectivity index (χ3v) is 4.44. The molecule has 0 radical (unpaired) electrons. The molecule has 1 aromatic carbocycles. The summed E-state index contributed by atoms with van der Waals surface area (Å²) in [5, 5.41) is 0. The summed E-state index contributed by atoms with van der Waals surface area (Å²) in [5.74, 6) is 0.525. The maximum atomic E-state index is 14.2. The first-order valence-electron chi connectivity index (χ1n) is 6.08. The molecule has 0 bridgehead atoms. The Labute approximate surface area is 135 Å². The number of carbonyl (C=O) groups is 1. The minimum Gasteiger partial charge on any atom is -0.482 e. The predicted molar refractivity (Wildman–Crippen MR) is 88.6 cm³/mol. The molecule has 2 rings (SSSR count). The van der Waals surface area contributed by atoms with Crippen molar-refractivity contribution >= 4 is 46.0 Å². The van der Waals surface area contributed by atoms with Crippen molar-refractivity contribution in [3.8, 4) is 5.75 Å². The van der Waals surface area contributed by atoms with Crippen LogP contribution in [0.1, 0.15) is 12.0 Å². The summed E-state index contributed by atoms with van der Waals surface area (Å²) in [5.41, 5.74) is 0.942. The van der Waals surface area contributed by atoms with E-state index in [1.807, 2.05) is 12.3 Å². The number of hydrogen-bond acceptors (Lipinski definition) is 3. The van der Waals surface area contributed by atoms with Crippen molar-refractivity contribution in [3.05, 3.63) is 35.7 Å². The van der Waals surface area contributed by atoms with Crippen molar-refractivity contribution in [1.82, 2.24) is 4.90 Å². The highest BCUT2D eigenvalue weighted by atomic mass is 127. The van der Waals surface area contributed by atoms with Gasteiger partial charge in [0.15, 0.2) is 0 Å². The third kappa shape index (κ3) is 3.11. The van der Waals surface area contributed by atoms with Gasteiger partial charge in [-0.1, -0.05) is 34.7 Å². The van der Waals surface area contributed by atoms with E-state index in [-0.39, 0.29) is 15.6 Å². The van der Waals surface area contributed by atoms with Gasteiger partial charge in [-0.3, -0.25) is 4.79 Å². The number of alkyl halides is 1. The largest absolute Gasteiger partial charge is 0.482 e. The van der Waals surface area contributed by atoms with Crippen LogP contribution in [0.4, 0.5) is 4.39 Å². The number of allylic oxidation sites excluding steroid dienone is 1. The second-order valence-corrected chi connectivity index (χ2v) is 6.67. The molecule has 0 N–H and O–H groups in total. The van der Waals surface area contributed by atoms with Crippen LogP contribution < -0.4 is 4.74 Å². The molecule has 108 valence electrons. The van der Waals surface area contributed by atoms with Gasteiger partial charge in [-0.2, -0.15) is 0 Å². The molecular weight excluding hydrogens is 392 g/mol. The fraction of sp³-hybridized carbons (Fsp3) is 0.357. The molecule has 0 spiro atoms. The molecule has 1 aliphatic rings. The fourth-order valence-electron chi connectivity index (χ4n) is 2.05. The molecule has 3 nitrogen and oxygen atoms in total. The van der Waals surface area contributed by atoms with Crippen molar-refractivity contribution in [2.45, 2.75) is 10.3 Å². The van der Waals surface area contributed by atoms with E-state index in [0.29, 0.717) is 29.4 Å². The highest BCUT2D eigenvalue weighted by Crippen LogP contribution is 2.35. The lowest BCUT2D eigenvalue weighted by Crippen LogP contribution is -2.35. The number of carbonyl (C=O) groups excluding carboxylic acids is 1. The number of rotatable bonds is 4. The number of nitrogens with zero attached hydrogens (tertiary/aromatic N) is 1. The molecule has 1 unspecified atom stereocenters. The first-order chi connectivity index (χ1) is 9.56. The number of ether oxygens (including phenoxy) is 1. The summed E-state index contributed by atoms with van der Waals surface area (Å²) in [6, 6.07) is 4.72. The van der Waals surface area contributed by atoms with Gasteiger partial charge < -0.3 is 9.64 Å². The van der Waals surface area contributed by atoms with Crippen LogP contribution in [0.3, 0.4) is 0 Å². The summed E-state index contributed by atoms with van der Waals surface area (Å²) >= 11 is 3.62. The summed E-state index contributed by atoms with van der Waals surface area (Å²) in [6.07, 6.45) is 4.41. The van der Waals surface area contributed by atoms with Gasteiger partial charge in [0.05, 0.1) is 15.2 Å². The molecular formula is C14H15FINO2S. The van der Waals surface area contributed by atoms with E-state index in [4.69, 9.17) is 4.74 Å². The zero-order chi connectivity index (χ0) is 14.7. The van der Waals surface area contributed by atoms with Crippen molar-refractivity contribution in [1.29, 1.82) is 0 Å². The summed E-state index contributed by atoms with van der Waals surface area (Å²) in [7, 11) is 1.67. The lowest BCUT2D eigenvalue weighted by Gasteiger charge is -2.29. The molecule has 6 heteroatoms.